The number of allylic oxidation sites excluding steroid dienone is 1. The second kappa shape index (κ2) is 6.69. The molecule has 0 radical (unpaired) electrons. The van der Waals surface area contributed by atoms with Crippen molar-refractivity contribution in [2.45, 2.75) is 33.7 Å². The normalized spacial score (nSPS) is 11.4. The molecule has 122 valence electrons. The fraction of sp³-hybridized carbons (Fsp3) is 0.333. The fourth-order valence-electron chi connectivity index (χ4n) is 2.59. The van der Waals surface area contributed by atoms with Crippen LogP contribution < -0.4 is 4.74 Å². The lowest BCUT2D eigenvalue weighted by atomic mass is 10.1. The van der Waals surface area contributed by atoms with Gasteiger partial charge in [0.15, 0.2) is 17.3 Å². The second-order valence-corrected chi connectivity index (χ2v) is 5.71. The van der Waals surface area contributed by atoms with Crippen LogP contribution in [0.5, 0.6) is 11.5 Å². The summed E-state index contributed by atoms with van der Waals surface area (Å²) in [5.41, 5.74) is 2.95. The molecule has 0 saturated carbocycles. The highest BCUT2D eigenvalue weighted by molar-refractivity contribution is 6.08. The Balaban J connectivity index is 2.27. The van der Waals surface area contributed by atoms with E-state index in [1.165, 1.54) is 13.2 Å². The monoisotopic (exact) mass is 314 g/mol. The molecule has 0 saturated heterocycles. The summed E-state index contributed by atoms with van der Waals surface area (Å²) in [6.45, 7) is 7.81. The van der Waals surface area contributed by atoms with Crippen molar-refractivity contribution < 1.29 is 14.6 Å². The molecule has 0 spiro atoms. The minimum absolute atomic E-state index is 0.0436. The van der Waals surface area contributed by atoms with Crippen molar-refractivity contribution >= 4 is 11.9 Å². The highest BCUT2D eigenvalue weighted by Gasteiger charge is 2.17. The Morgan fingerprint density at radius 3 is 2.57 bits per heavy atom. The number of carbonyl (C=O) groups is 1. The molecule has 1 N–H and O–H groups in total. The molecule has 1 heterocycles. The molecule has 5 nitrogen and oxygen atoms in total. The third-order valence-electron chi connectivity index (χ3n) is 3.69. The standard InChI is InChI=1S/C18H22N2O3/c1-11(2)20-13(4)18(12(3)19-20)15(21)8-6-14-7-9-17(23-5)16(22)10-14/h6-11,22H,1-5H3/b8-6+. The SMILES string of the molecule is COc1ccc(/C=C/C(=O)c2c(C)nn(C(C)C)c2C)cc1O. The van der Waals surface area contributed by atoms with Crippen molar-refractivity contribution in [2.24, 2.45) is 0 Å². The topological polar surface area (TPSA) is 64.3 Å². The third-order valence-corrected chi connectivity index (χ3v) is 3.69. The van der Waals surface area contributed by atoms with Gasteiger partial charge in [-0.3, -0.25) is 9.48 Å². The molecule has 1 aromatic heterocycles. The van der Waals surface area contributed by atoms with Crippen LogP contribution in [-0.2, 0) is 0 Å². The highest BCUT2D eigenvalue weighted by Crippen LogP contribution is 2.27. The minimum atomic E-state index is -0.0952. The lowest BCUT2D eigenvalue weighted by Gasteiger charge is -2.07. The van der Waals surface area contributed by atoms with Crippen LogP contribution in [0.1, 0.15) is 47.2 Å². The third kappa shape index (κ3) is 3.44. The number of carbonyl (C=O) groups excluding carboxylic acids is 1. The first-order valence-electron chi connectivity index (χ1n) is 7.50. The summed E-state index contributed by atoms with van der Waals surface area (Å²) < 4.78 is 6.86. The number of phenols is 1. The summed E-state index contributed by atoms with van der Waals surface area (Å²) in [6, 6.07) is 5.20. The minimum Gasteiger partial charge on any atom is -0.504 e. The van der Waals surface area contributed by atoms with Crippen molar-refractivity contribution in [2.75, 3.05) is 7.11 Å². The molecule has 5 heteroatoms. The lowest BCUT2D eigenvalue weighted by molar-refractivity contribution is 0.104. The summed E-state index contributed by atoms with van der Waals surface area (Å²) in [7, 11) is 1.49. The van der Waals surface area contributed by atoms with Crippen LogP contribution >= 0.6 is 0 Å². The van der Waals surface area contributed by atoms with Crippen LogP contribution in [-0.4, -0.2) is 27.8 Å². The van der Waals surface area contributed by atoms with E-state index >= 15 is 0 Å². The number of nitrogens with zero attached hydrogens (tertiary/aromatic N) is 2. The molecule has 0 aliphatic rings. The van der Waals surface area contributed by atoms with Crippen LogP contribution in [0, 0.1) is 13.8 Å². The quantitative estimate of drug-likeness (QED) is 0.675. The molecular formula is C18H22N2O3. The number of methoxy groups -OCH3 is 1. The largest absolute Gasteiger partial charge is 0.504 e. The van der Waals surface area contributed by atoms with Crippen molar-refractivity contribution in [1.29, 1.82) is 0 Å². The van der Waals surface area contributed by atoms with Gasteiger partial charge >= 0.3 is 0 Å². The number of aromatic hydroxyl groups is 1. The Bertz CT molecular complexity index is 758. The van der Waals surface area contributed by atoms with E-state index in [9.17, 15) is 9.90 Å². The van der Waals surface area contributed by atoms with Gasteiger partial charge in [-0.05, 0) is 51.5 Å². The maximum Gasteiger partial charge on any atom is 0.189 e. The van der Waals surface area contributed by atoms with Gasteiger partial charge in [0.1, 0.15) is 0 Å². The molecule has 0 bridgehead atoms. The number of hydrogen-bond donors (Lipinski definition) is 1. The molecule has 2 aromatic rings. The maximum atomic E-state index is 12.5. The number of phenolic OH excluding ortho intramolecular Hbond substituents is 1. The number of rotatable bonds is 5. The molecule has 2 rings (SSSR count). The van der Waals surface area contributed by atoms with Crippen molar-refractivity contribution in [3.05, 3.63) is 46.8 Å². The number of benzene rings is 1. The van der Waals surface area contributed by atoms with Crippen LogP contribution in [0.2, 0.25) is 0 Å². The average Bonchev–Trinajstić information content (AvgIpc) is 2.80. The molecule has 0 amide bonds. The number of aryl methyl sites for hydroxylation is 1. The van der Waals surface area contributed by atoms with Crippen LogP contribution in [0.25, 0.3) is 6.08 Å². The van der Waals surface area contributed by atoms with Crippen LogP contribution in [0.15, 0.2) is 24.3 Å². The van der Waals surface area contributed by atoms with Crippen molar-refractivity contribution in [3.63, 3.8) is 0 Å². The Hall–Kier alpha value is -2.56. The van der Waals surface area contributed by atoms with Gasteiger partial charge in [0, 0.05) is 11.7 Å². The summed E-state index contributed by atoms with van der Waals surface area (Å²) in [5.74, 6) is 0.350. The Labute approximate surface area is 136 Å². The first kappa shape index (κ1) is 16.8. The summed E-state index contributed by atoms with van der Waals surface area (Å²) >= 11 is 0. The average molecular weight is 314 g/mol. The second-order valence-electron chi connectivity index (χ2n) is 5.71. The van der Waals surface area contributed by atoms with Gasteiger partial charge in [0.2, 0.25) is 0 Å². The van der Waals surface area contributed by atoms with Gasteiger partial charge in [-0.2, -0.15) is 5.10 Å². The fourth-order valence-corrected chi connectivity index (χ4v) is 2.59. The first-order chi connectivity index (χ1) is 10.8. The lowest BCUT2D eigenvalue weighted by Crippen LogP contribution is -2.06. The van der Waals surface area contributed by atoms with E-state index in [1.54, 1.807) is 24.3 Å². The van der Waals surface area contributed by atoms with E-state index in [0.29, 0.717) is 11.3 Å². The smallest absolute Gasteiger partial charge is 0.189 e. The molecular weight excluding hydrogens is 292 g/mol. The highest BCUT2D eigenvalue weighted by atomic mass is 16.5. The predicted molar refractivity (Wildman–Crippen MR) is 90.1 cm³/mol. The van der Waals surface area contributed by atoms with Gasteiger partial charge in [-0.1, -0.05) is 12.1 Å². The van der Waals surface area contributed by atoms with E-state index in [4.69, 9.17) is 4.74 Å². The number of ether oxygens (including phenoxy) is 1. The molecule has 0 aliphatic heterocycles. The Morgan fingerprint density at radius 1 is 1.35 bits per heavy atom. The maximum absolute atomic E-state index is 12.5. The zero-order valence-electron chi connectivity index (χ0n) is 14.1. The van der Waals surface area contributed by atoms with Crippen LogP contribution in [0.4, 0.5) is 0 Å². The summed E-state index contributed by atoms with van der Waals surface area (Å²) in [6.07, 6.45) is 3.18. The van der Waals surface area contributed by atoms with Gasteiger partial charge < -0.3 is 9.84 Å². The number of ketones is 1. The molecule has 0 atom stereocenters. The Morgan fingerprint density at radius 2 is 2.04 bits per heavy atom. The molecule has 23 heavy (non-hydrogen) atoms. The van der Waals surface area contributed by atoms with Gasteiger partial charge in [0.25, 0.3) is 0 Å². The molecule has 0 unspecified atom stereocenters. The number of hydrogen-bond acceptors (Lipinski definition) is 4. The molecule has 1 aromatic carbocycles. The summed E-state index contributed by atoms with van der Waals surface area (Å²) in [4.78, 5) is 12.5. The van der Waals surface area contributed by atoms with Gasteiger partial charge in [-0.15, -0.1) is 0 Å². The zero-order chi connectivity index (χ0) is 17.1. The molecule has 0 aliphatic carbocycles. The first-order valence-corrected chi connectivity index (χ1v) is 7.50. The van der Waals surface area contributed by atoms with Crippen molar-refractivity contribution in [1.82, 2.24) is 9.78 Å². The van der Waals surface area contributed by atoms with Crippen LogP contribution in [0.3, 0.4) is 0 Å². The van der Waals surface area contributed by atoms with Gasteiger partial charge in [0.05, 0.1) is 18.4 Å². The van der Waals surface area contributed by atoms with Gasteiger partial charge in [-0.25, -0.2) is 0 Å². The zero-order valence-corrected chi connectivity index (χ0v) is 14.1. The van der Waals surface area contributed by atoms with E-state index in [1.807, 2.05) is 32.4 Å². The van der Waals surface area contributed by atoms with Crippen molar-refractivity contribution in [3.8, 4) is 11.5 Å². The van der Waals surface area contributed by atoms with E-state index in [-0.39, 0.29) is 17.6 Å². The van der Waals surface area contributed by atoms with E-state index in [0.717, 1.165) is 17.0 Å². The molecule has 0 fully saturated rings. The summed E-state index contributed by atoms with van der Waals surface area (Å²) in [5, 5.41) is 14.2. The number of aromatic nitrogens is 2. The predicted octanol–water partition coefficient (Wildman–Crippen LogP) is 3.69. The van der Waals surface area contributed by atoms with E-state index < -0.39 is 0 Å². The Kier molecular flexibility index (Phi) is 4.89. The van der Waals surface area contributed by atoms with E-state index in [2.05, 4.69) is 5.10 Å².